The van der Waals surface area contributed by atoms with Crippen LogP contribution in [0.15, 0.2) is 29.8 Å². The highest BCUT2D eigenvalue weighted by Gasteiger charge is 2.45. The fourth-order valence-corrected chi connectivity index (χ4v) is 4.95. The molecule has 0 amide bonds. The third-order valence-corrected chi connectivity index (χ3v) is 6.49. The van der Waals surface area contributed by atoms with Gasteiger partial charge in [0.05, 0.1) is 37.1 Å². The Morgan fingerprint density at radius 1 is 1.32 bits per heavy atom. The first-order valence-electron chi connectivity index (χ1n) is 8.31. The van der Waals surface area contributed by atoms with Crippen molar-refractivity contribution in [2.24, 2.45) is 0 Å². The van der Waals surface area contributed by atoms with Crippen molar-refractivity contribution >= 4 is 39.3 Å². The summed E-state index contributed by atoms with van der Waals surface area (Å²) in [4.78, 5) is 23.6. The number of benzene rings is 1. The molecule has 0 bridgehead atoms. The summed E-state index contributed by atoms with van der Waals surface area (Å²) in [6.07, 6.45) is 1.35. The Hall–Kier alpha value is -2.14. The minimum Gasteiger partial charge on any atom is -0.478 e. The van der Waals surface area contributed by atoms with Crippen molar-refractivity contribution in [3.05, 3.63) is 40.4 Å². The fourth-order valence-electron chi connectivity index (χ4n) is 3.22. The van der Waals surface area contributed by atoms with Gasteiger partial charge in [-0.05, 0) is 30.7 Å². The summed E-state index contributed by atoms with van der Waals surface area (Å²) >= 11 is 5.87. The number of esters is 1. The number of nitrogens with one attached hydrogen (secondary N) is 1. The average molecular weight is 432 g/mol. The van der Waals surface area contributed by atoms with Crippen molar-refractivity contribution in [2.45, 2.75) is 23.9 Å². The maximum atomic E-state index is 12.9. The topological polar surface area (TPSA) is 128 Å². The number of ether oxygens (including phenoxy) is 3. The van der Waals surface area contributed by atoms with Gasteiger partial charge in [0.1, 0.15) is 5.25 Å². The maximum Gasteiger partial charge on any atom is 0.340 e. The number of carboxylic acids is 1. The molecule has 3 rings (SSSR count). The van der Waals surface area contributed by atoms with Crippen LogP contribution in [0.2, 0.25) is 5.02 Å². The molecule has 1 fully saturated rings. The van der Waals surface area contributed by atoms with Gasteiger partial charge in [0.15, 0.2) is 5.79 Å². The summed E-state index contributed by atoms with van der Waals surface area (Å²) in [5, 5.41) is 8.39. The van der Waals surface area contributed by atoms with Crippen LogP contribution in [-0.2, 0) is 29.0 Å². The summed E-state index contributed by atoms with van der Waals surface area (Å²) in [5.41, 5.74) is -0.502. The van der Waals surface area contributed by atoms with E-state index in [1.165, 1.54) is 24.3 Å². The van der Waals surface area contributed by atoms with Crippen LogP contribution in [0.3, 0.4) is 0 Å². The Morgan fingerprint density at radius 3 is 2.61 bits per heavy atom. The molecule has 2 aliphatic rings. The lowest BCUT2D eigenvalue weighted by Gasteiger charge is -2.32. The van der Waals surface area contributed by atoms with Crippen LogP contribution in [0.5, 0.6) is 0 Å². The first-order chi connectivity index (χ1) is 13.2. The first kappa shape index (κ1) is 20.6. The third kappa shape index (κ3) is 4.00. The Bertz CT molecular complexity index is 936. The van der Waals surface area contributed by atoms with Gasteiger partial charge in [-0.3, -0.25) is 4.72 Å². The van der Waals surface area contributed by atoms with E-state index in [1.54, 1.807) is 0 Å². The smallest absolute Gasteiger partial charge is 0.340 e. The maximum absolute atomic E-state index is 12.9. The molecule has 2 N–H and O–H groups in total. The van der Waals surface area contributed by atoms with E-state index in [2.05, 4.69) is 9.46 Å². The number of carbonyl (C=O) groups is 2. The van der Waals surface area contributed by atoms with E-state index in [0.29, 0.717) is 13.2 Å². The number of anilines is 1. The standard InChI is InChI=1S/C17H18ClNO8S/c1-25-16(22)11-8-10(18)2-3-13(11)19-28(23,24)14-4-5-17(26-6-7-27-17)9-12(14)15(20)21/h2-3,8-9,14,19H,4-7H2,1H3,(H,20,21). The first-order valence-corrected chi connectivity index (χ1v) is 10.2. The zero-order valence-electron chi connectivity index (χ0n) is 14.8. The molecule has 1 saturated heterocycles. The van der Waals surface area contributed by atoms with Gasteiger partial charge in [-0.2, -0.15) is 0 Å². The monoisotopic (exact) mass is 431 g/mol. The molecule has 28 heavy (non-hydrogen) atoms. The predicted molar refractivity (Wildman–Crippen MR) is 98.7 cm³/mol. The van der Waals surface area contributed by atoms with E-state index in [4.69, 9.17) is 21.1 Å². The minimum atomic E-state index is -4.21. The van der Waals surface area contributed by atoms with E-state index in [1.807, 2.05) is 0 Å². The molecule has 11 heteroatoms. The minimum absolute atomic E-state index is 0.0331. The summed E-state index contributed by atoms with van der Waals surface area (Å²) in [5.74, 6) is -3.39. The van der Waals surface area contributed by atoms with Crippen LogP contribution in [0, 0.1) is 0 Å². The van der Waals surface area contributed by atoms with Gasteiger partial charge in [-0.1, -0.05) is 11.6 Å². The Morgan fingerprint density at radius 2 is 2.00 bits per heavy atom. The van der Waals surface area contributed by atoms with Gasteiger partial charge in [0, 0.05) is 11.4 Å². The molecule has 1 aromatic rings. The second-order valence-corrected chi connectivity index (χ2v) is 8.57. The summed E-state index contributed by atoms with van der Waals surface area (Å²) < 4.78 is 43.7. The molecule has 0 aromatic heterocycles. The zero-order valence-corrected chi connectivity index (χ0v) is 16.4. The van der Waals surface area contributed by atoms with E-state index < -0.39 is 33.0 Å². The lowest BCUT2D eigenvalue weighted by molar-refractivity contribution is -0.138. The van der Waals surface area contributed by atoms with E-state index in [-0.39, 0.29) is 34.7 Å². The quantitative estimate of drug-likeness (QED) is 0.675. The molecule has 1 aliphatic carbocycles. The number of aliphatic carboxylic acids is 1. The fraction of sp³-hybridized carbons (Fsp3) is 0.412. The molecular formula is C17H18ClNO8S. The molecule has 152 valence electrons. The van der Waals surface area contributed by atoms with Crippen molar-refractivity contribution in [1.29, 1.82) is 0 Å². The molecule has 9 nitrogen and oxygen atoms in total. The van der Waals surface area contributed by atoms with Crippen LogP contribution < -0.4 is 4.72 Å². The molecule has 1 atom stereocenters. The number of sulfonamides is 1. The van der Waals surface area contributed by atoms with E-state index in [0.717, 1.165) is 7.11 Å². The summed E-state index contributed by atoms with van der Waals surface area (Å²) in [7, 11) is -3.07. The second-order valence-electron chi connectivity index (χ2n) is 6.27. The summed E-state index contributed by atoms with van der Waals surface area (Å²) in [6.45, 7) is 0.596. The number of rotatable bonds is 5. The third-order valence-electron chi connectivity index (χ3n) is 4.51. The van der Waals surface area contributed by atoms with Crippen molar-refractivity contribution in [2.75, 3.05) is 25.0 Å². The van der Waals surface area contributed by atoms with Gasteiger partial charge in [0.2, 0.25) is 10.0 Å². The van der Waals surface area contributed by atoms with Crippen molar-refractivity contribution in [3.63, 3.8) is 0 Å². The van der Waals surface area contributed by atoms with Crippen molar-refractivity contribution in [1.82, 2.24) is 0 Å². The van der Waals surface area contributed by atoms with Crippen LogP contribution in [0.4, 0.5) is 5.69 Å². The second kappa shape index (κ2) is 7.70. The Balaban J connectivity index is 1.95. The molecule has 1 unspecified atom stereocenters. The van der Waals surface area contributed by atoms with Crippen LogP contribution in [-0.4, -0.2) is 56.8 Å². The van der Waals surface area contributed by atoms with Crippen LogP contribution in [0.25, 0.3) is 0 Å². The zero-order chi connectivity index (χ0) is 20.5. The number of halogens is 1. The van der Waals surface area contributed by atoms with Crippen molar-refractivity contribution in [3.8, 4) is 0 Å². The number of carboxylic acid groups (broad SMARTS) is 1. The van der Waals surface area contributed by atoms with Gasteiger partial charge in [-0.15, -0.1) is 0 Å². The Labute approximate surface area is 166 Å². The van der Waals surface area contributed by atoms with Crippen LogP contribution >= 0.6 is 11.6 Å². The van der Waals surface area contributed by atoms with Crippen LogP contribution in [0.1, 0.15) is 23.2 Å². The largest absolute Gasteiger partial charge is 0.478 e. The molecule has 1 spiro atoms. The lowest BCUT2D eigenvalue weighted by atomic mass is 9.94. The number of hydrogen-bond donors (Lipinski definition) is 2. The molecular weight excluding hydrogens is 414 g/mol. The molecule has 1 aliphatic heterocycles. The molecule has 1 heterocycles. The molecule has 1 aromatic carbocycles. The lowest BCUT2D eigenvalue weighted by Crippen LogP contribution is -2.42. The summed E-state index contributed by atoms with van der Waals surface area (Å²) in [6, 6.07) is 3.97. The SMILES string of the molecule is COC(=O)c1cc(Cl)ccc1NS(=O)(=O)C1CCC2(C=C1C(=O)O)OCCO2. The van der Waals surface area contributed by atoms with E-state index >= 15 is 0 Å². The van der Waals surface area contributed by atoms with Gasteiger partial charge >= 0.3 is 11.9 Å². The number of hydrogen-bond acceptors (Lipinski definition) is 7. The predicted octanol–water partition coefficient (Wildman–Crippen LogP) is 1.78. The van der Waals surface area contributed by atoms with Gasteiger partial charge in [-0.25, -0.2) is 18.0 Å². The molecule has 0 radical (unpaired) electrons. The highest BCUT2D eigenvalue weighted by atomic mass is 35.5. The highest BCUT2D eigenvalue weighted by Crippen LogP contribution is 2.37. The molecule has 0 saturated carbocycles. The average Bonchev–Trinajstić information content (AvgIpc) is 3.09. The number of methoxy groups -OCH3 is 1. The van der Waals surface area contributed by atoms with E-state index in [9.17, 15) is 23.1 Å². The van der Waals surface area contributed by atoms with Crippen molar-refractivity contribution < 1.29 is 37.3 Å². The van der Waals surface area contributed by atoms with Gasteiger partial charge in [0.25, 0.3) is 0 Å². The highest BCUT2D eigenvalue weighted by molar-refractivity contribution is 7.93. The van der Waals surface area contributed by atoms with Gasteiger partial charge < -0.3 is 19.3 Å². The Kier molecular flexibility index (Phi) is 5.67. The normalized spacial score (nSPS) is 21.2. The number of carbonyl (C=O) groups excluding carboxylic acids is 1.